The van der Waals surface area contributed by atoms with Gasteiger partial charge in [-0.25, -0.2) is 0 Å². The summed E-state index contributed by atoms with van der Waals surface area (Å²) >= 11 is 0. The molecule has 0 bridgehead atoms. The molecular formula is C14H28O. The molecule has 0 spiro atoms. The van der Waals surface area contributed by atoms with Gasteiger partial charge in [-0.15, -0.1) is 0 Å². The average Bonchev–Trinajstić information content (AvgIpc) is 2.01. The number of rotatable bonds is 5. The first kappa shape index (κ1) is 14.7. The molecule has 0 aliphatic rings. The minimum absolute atomic E-state index is 0.267. The van der Waals surface area contributed by atoms with E-state index in [2.05, 4.69) is 47.6 Å². The Morgan fingerprint density at radius 2 is 1.60 bits per heavy atom. The van der Waals surface area contributed by atoms with E-state index in [4.69, 9.17) is 5.11 Å². The molecule has 0 aliphatic heterocycles. The van der Waals surface area contributed by atoms with Crippen molar-refractivity contribution in [1.29, 1.82) is 0 Å². The number of aliphatic hydroxyl groups is 1. The normalized spacial score (nSPS) is 14.5. The van der Waals surface area contributed by atoms with Crippen molar-refractivity contribution in [2.75, 3.05) is 6.61 Å². The van der Waals surface area contributed by atoms with Gasteiger partial charge in [-0.2, -0.15) is 0 Å². The Hall–Kier alpha value is -0.300. The van der Waals surface area contributed by atoms with Crippen LogP contribution in [0.2, 0.25) is 0 Å². The minimum atomic E-state index is 0.267. The van der Waals surface area contributed by atoms with Crippen LogP contribution in [0.15, 0.2) is 11.6 Å². The van der Waals surface area contributed by atoms with Gasteiger partial charge in [0.1, 0.15) is 0 Å². The zero-order valence-corrected chi connectivity index (χ0v) is 11.4. The molecule has 0 aromatic heterocycles. The highest BCUT2D eigenvalue weighted by Crippen LogP contribution is 2.29. The quantitative estimate of drug-likeness (QED) is 0.678. The highest BCUT2D eigenvalue weighted by Gasteiger charge is 2.17. The number of aliphatic hydroxyl groups excluding tert-OH is 1. The van der Waals surface area contributed by atoms with Crippen LogP contribution >= 0.6 is 0 Å². The Labute approximate surface area is 95.6 Å². The average molecular weight is 212 g/mol. The molecule has 0 aliphatic carbocycles. The van der Waals surface area contributed by atoms with E-state index >= 15 is 0 Å². The van der Waals surface area contributed by atoms with E-state index in [-0.39, 0.29) is 5.41 Å². The second-order valence-corrected chi connectivity index (χ2v) is 6.31. The molecule has 0 aromatic carbocycles. The molecule has 0 aromatic rings. The van der Waals surface area contributed by atoms with Crippen LogP contribution in [0.4, 0.5) is 0 Å². The molecule has 0 fully saturated rings. The Kier molecular flexibility index (Phi) is 5.58. The van der Waals surface area contributed by atoms with Gasteiger partial charge in [0.15, 0.2) is 0 Å². The molecular weight excluding hydrogens is 184 g/mol. The Balaban J connectivity index is 4.08. The van der Waals surface area contributed by atoms with Crippen molar-refractivity contribution in [3.05, 3.63) is 11.6 Å². The van der Waals surface area contributed by atoms with Gasteiger partial charge in [0, 0.05) is 6.61 Å². The van der Waals surface area contributed by atoms with E-state index in [1.807, 2.05) is 0 Å². The lowest BCUT2D eigenvalue weighted by molar-refractivity contribution is 0.203. The number of hydrogen-bond acceptors (Lipinski definition) is 1. The molecule has 0 saturated carbocycles. The Bertz CT molecular complexity index is 206. The van der Waals surface area contributed by atoms with Gasteiger partial charge in [-0.3, -0.25) is 0 Å². The first-order valence-corrected chi connectivity index (χ1v) is 5.97. The van der Waals surface area contributed by atoms with E-state index in [1.165, 1.54) is 5.57 Å². The van der Waals surface area contributed by atoms with Crippen LogP contribution < -0.4 is 0 Å². The zero-order valence-electron chi connectivity index (χ0n) is 11.4. The highest BCUT2D eigenvalue weighted by molar-refractivity contribution is 5.07. The first-order valence-electron chi connectivity index (χ1n) is 5.97. The molecule has 0 saturated heterocycles. The van der Waals surface area contributed by atoms with E-state index in [9.17, 15) is 0 Å². The highest BCUT2D eigenvalue weighted by atomic mass is 16.3. The maximum Gasteiger partial charge on any atom is 0.0436 e. The lowest BCUT2D eigenvalue weighted by atomic mass is 9.82. The maximum atomic E-state index is 8.92. The fraction of sp³-hybridized carbons (Fsp3) is 0.857. The van der Waals surface area contributed by atoms with Gasteiger partial charge in [-0.1, -0.05) is 46.3 Å². The molecule has 0 unspecified atom stereocenters. The van der Waals surface area contributed by atoms with Crippen LogP contribution in [0.1, 0.15) is 60.8 Å². The summed E-state index contributed by atoms with van der Waals surface area (Å²) in [5, 5.41) is 8.92. The SMILES string of the molecule is CC(=CCCC(C)(C)CCO)C(C)(C)C. The largest absolute Gasteiger partial charge is 0.396 e. The van der Waals surface area contributed by atoms with Crippen molar-refractivity contribution < 1.29 is 5.11 Å². The van der Waals surface area contributed by atoms with Gasteiger partial charge in [0.2, 0.25) is 0 Å². The van der Waals surface area contributed by atoms with Crippen LogP contribution in [-0.2, 0) is 0 Å². The Morgan fingerprint density at radius 1 is 1.07 bits per heavy atom. The predicted molar refractivity (Wildman–Crippen MR) is 67.9 cm³/mol. The lowest BCUT2D eigenvalue weighted by Gasteiger charge is -2.24. The van der Waals surface area contributed by atoms with Crippen molar-refractivity contribution in [2.45, 2.75) is 60.8 Å². The van der Waals surface area contributed by atoms with Crippen LogP contribution in [0, 0.1) is 10.8 Å². The molecule has 1 heteroatoms. The van der Waals surface area contributed by atoms with Gasteiger partial charge in [-0.05, 0) is 37.0 Å². The minimum Gasteiger partial charge on any atom is -0.396 e. The van der Waals surface area contributed by atoms with Crippen LogP contribution in [0.25, 0.3) is 0 Å². The topological polar surface area (TPSA) is 20.2 Å². The monoisotopic (exact) mass is 212 g/mol. The van der Waals surface area contributed by atoms with Gasteiger partial charge >= 0.3 is 0 Å². The summed E-state index contributed by atoms with van der Waals surface area (Å²) in [4.78, 5) is 0. The second-order valence-electron chi connectivity index (χ2n) is 6.31. The van der Waals surface area contributed by atoms with Crippen LogP contribution in [0.5, 0.6) is 0 Å². The number of hydrogen-bond donors (Lipinski definition) is 1. The lowest BCUT2D eigenvalue weighted by Crippen LogP contribution is -2.13. The molecule has 0 atom stereocenters. The molecule has 0 heterocycles. The van der Waals surface area contributed by atoms with Crippen molar-refractivity contribution in [2.24, 2.45) is 10.8 Å². The second kappa shape index (κ2) is 5.69. The standard InChI is InChI=1S/C14H28O/c1-12(13(2,3)4)8-7-9-14(5,6)10-11-15/h8,15H,7,9-11H2,1-6H3. The fourth-order valence-corrected chi connectivity index (χ4v) is 1.41. The molecule has 1 N–H and O–H groups in total. The molecule has 1 nitrogen and oxygen atoms in total. The van der Waals surface area contributed by atoms with Gasteiger partial charge in [0.25, 0.3) is 0 Å². The van der Waals surface area contributed by atoms with Crippen LogP contribution in [0.3, 0.4) is 0 Å². The van der Waals surface area contributed by atoms with Crippen molar-refractivity contribution >= 4 is 0 Å². The Morgan fingerprint density at radius 3 is 2.00 bits per heavy atom. The third kappa shape index (κ3) is 6.72. The first-order chi connectivity index (χ1) is 6.69. The van der Waals surface area contributed by atoms with Gasteiger partial charge in [0.05, 0.1) is 0 Å². The summed E-state index contributed by atoms with van der Waals surface area (Å²) in [6, 6.07) is 0. The maximum absolute atomic E-state index is 8.92. The fourth-order valence-electron chi connectivity index (χ4n) is 1.41. The zero-order chi connectivity index (χ0) is 12.1. The van der Waals surface area contributed by atoms with Crippen molar-refractivity contribution in [1.82, 2.24) is 0 Å². The number of allylic oxidation sites excluding steroid dienone is 2. The molecule has 0 rings (SSSR count). The summed E-state index contributed by atoms with van der Waals surface area (Å²) in [6.45, 7) is 13.7. The summed E-state index contributed by atoms with van der Waals surface area (Å²) in [5.74, 6) is 0. The summed E-state index contributed by atoms with van der Waals surface area (Å²) in [6.07, 6.45) is 5.52. The molecule has 0 amide bonds. The molecule has 0 radical (unpaired) electrons. The van der Waals surface area contributed by atoms with Gasteiger partial charge < -0.3 is 5.11 Å². The van der Waals surface area contributed by atoms with E-state index in [1.54, 1.807) is 0 Å². The smallest absolute Gasteiger partial charge is 0.0436 e. The third-order valence-electron chi connectivity index (χ3n) is 3.24. The molecule has 15 heavy (non-hydrogen) atoms. The summed E-state index contributed by atoms with van der Waals surface area (Å²) < 4.78 is 0. The van der Waals surface area contributed by atoms with Crippen molar-refractivity contribution in [3.8, 4) is 0 Å². The van der Waals surface area contributed by atoms with Crippen molar-refractivity contribution in [3.63, 3.8) is 0 Å². The third-order valence-corrected chi connectivity index (χ3v) is 3.24. The van der Waals surface area contributed by atoms with E-state index < -0.39 is 0 Å². The van der Waals surface area contributed by atoms with E-state index in [0.717, 1.165) is 19.3 Å². The molecule has 90 valence electrons. The van der Waals surface area contributed by atoms with Crippen LogP contribution in [-0.4, -0.2) is 11.7 Å². The summed E-state index contributed by atoms with van der Waals surface area (Å²) in [5.41, 5.74) is 2.02. The predicted octanol–water partition coefficient (Wildman–Crippen LogP) is 4.17. The summed E-state index contributed by atoms with van der Waals surface area (Å²) in [7, 11) is 0. The van der Waals surface area contributed by atoms with E-state index in [0.29, 0.717) is 12.0 Å².